The van der Waals surface area contributed by atoms with Crippen molar-refractivity contribution in [3.8, 4) is 0 Å². The van der Waals surface area contributed by atoms with Gasteiger partial charge in [0.1, 0.15) is 0 Å². The van der Waals surface area contributed by atoms with Gasteiger partial charge in [-0.1, -0.05) is 18.2 Å². The number of fused-ring (bicyclic) bond motifs is 1. The number of hydrogen-bond donors (Lipinski definition) is 1. The molecule has 1 aromatic carbocycles. The van der Waals surface area contributed by atoms with Crippen molar-refractivity contribution in [2.24, 2.45) is 17.3 Å². The molecule has 0 bridgehead atoms. The van der Waals surface area contributed by atoms with Crippen molar-refractivity contribution in [2.75, 3.05) is 0 Å². The Bertz CT molecular complexity index is 474. The molecule has 2 atom stereocenters. The predicted molar refractivity (Wildman–Crippen MR) is 70.5 cm³/mol. The normalized spacial score (nSPS) is 33.2. The first-order valence-corrected chi connectivity index (χ1v) is 6.80. The Kier molecular flexibility index (Phi) is 2.51. The number of rotatable bonds is 3. The number of aliphatic carboxylic acids is 1. The topological polar surface area (TPSA) is 37.3 Å². The predicted octanol–water partition coefficient (Wildman–Crippen LogP) is 3.35. The van der Waals surface area contributed by atoms with Crippen molar-refractivity contribution in [3.63, 3.8) is 0 Å². The number of hydrogen-bond acceptors (Lipinski definition) is 1. The zero-order valence-corrected chi connectivity index (χ0v) is 11.1. The van der Waals surface area contributed by atoms with Crippen LogP contribution in [0.25, 0.3) is 0 Å². The molecule has 2 heteroatoms. The van der Waals surface area contributed by atoms with E-state index in [1.54, 1.807) is 0 Å². The van der Waals surface area contributed by atoms with E-state index in [9.17, 15) is 9.90 Å². The third kappa shape index (κ3) is 1.75. The van der Waals surface area contributed by atoms with Crippen LogP contribution in [0.1, 0.15) is 36.0 Å². The molecule has 2 nitrogen and oxygen atoms in total. The first-order valence-electron chi connectivity index (χ1n) is 6.80. The number of carboxylic acid groups (broad SMARTS) is 1. The summed E-state index contributed by atoms with van der Waals surface area (Å²) in [5, 5.41) is 9.65. The lowest BCUT2D eigenvalue weighted by Crippen LogP contribution is -2.32. The van der Waals surface area contributed by atoms with E-state index in [2.05, 4.69) is 26.0 Å². The monoisotopic (exact) mass is 244 g/mol. The van der Waals surface area contributed by atoms with Crippen LogP contribution in [-0.4, -0.2) is 11.1 Å². The summed E-state index contributed by atoms with van der Waals surface area (Å²) < 4.78 is 0. The summed E-state index contributed by atoms with van der Waals surface area (Å²) in [6, 6.07) is 6.23. The molecule has 2 unspecified atom stereocenters. The fourth-order valence-electron chi connectivity index (χ4n) is 3.76. The van der Waals surface area contributed by atoms with Gasteiger partial charge < -0.3 is 5.11 Å². The van der Waals surface area contributed by atoms with E-state index in [0.717, 1.165) is 12.8 Å². The molecule has 0 aliphatic heterocycles. The third-order valence-corrected chi connectivity index (χ3v) is 4.99. The van der Waals surface area contributed by atoms with E-state index in [4.69, 9.17) is 0 Å². The van der Waals surface area contributed by atoms with E-state index in [1.807, 2.05) is 6.07 Å². The second-order valence-electron chi connectivity index (χ2n) is 6.30. The molecule has 1 aromatic rings. The lowest BCUT2D eigenvalue weighted by molar-refractivity contribution is -0.149. The summed E-state index contributed by atoms with van der Waals surface area (Å²) in [6.45, 7) is 4.18. The summed E-state index contributed by atoms with van der Waals surface area (Å²) in [5.74, 6) is 0.813. The lowest BCUT2D eigenvalue weighted by atomic mass is 9.76. The maximum absolute atomic E-state index is 11.7. The van der Waals surface area contributed by atoms with Crippen molar-refractivity contribution < 1.29 is 9.90 Å². The lowest BCUT2D eigenvalue weighted by Gasteiger charge is -2.27. The van der Waals surface area contributed by atoms with Gasteiger partial charge in [0.2, 0.25) is 0 Å². The molecular weight excluding hydrogens is 224 g/mol. The van der Waals surface area contributed by atoms with E-state index >= 15 is 0 Å². The van der Waals surface area contributed by atoms with Crippen LogP contribution in [0.5, 0.6) is 0 Å². The van der Waals surface area contributed by atoms with Gasteiger partial charge in [-0.3, -0.25) is 4.79 Å². The van der Waals surface area contributed by atoms with E-state index in [1.165, 1.54) is 23.1 Å². The van der Waals surface area contributed by atoms with Gasteiger partial charge in [-0.2, -0.15) is 0 Å². The molecule has 0 spiro atoms. The van der Waals surface area contributed by atoms with Crippen LogP contribution in [0.15, 0.2) is 18.2 Å². The molecule has 0 radical (unpaired) electrons. The maximum Gasteiger partial charge on any atom is 0.309 e. The molecule has 18 heavy (non-hydrogen) atoms. The zero-order valence-electron chi connectivity index (χ0n) is 11.1. The van der Waals surface area contributed by atoms with Gasteiger partial charge in [0.15, 0.2) is 0 Å². The average molecular weight is 244 g/mol. The van der Waals surface area contributed by atoms with Crippen LogP contribution in [0.2, 0.25) is 0 Å². The van der Waals surface area contributed by atoms with Crippen LogP contribution in [0, 0.1) is 31.1 Å². The largest absolute Gasteiger partial charge is 0.481 e. The van der Waals surface area contributed by atoms with E-state index < -0.39 is 11.4 Å². The molecule has 0 saturated heterocycles. The molecule has 0 heterocycles. The first-order chi connectivity index (χ1) is 8.52. The number of carbonyl (C=O) groups is 1. The molecule has 2 fully saturated rings. The van der Waals surface area contributed by atoms with Crippen molar-refractivity contribution in [1.82, 2.24) is 0 Å². The van der Waals surface area contributed by atoms with E-state index in [-0.39, 0.29) is 0 Å². The van der Waals surface area contributed by atoms with Crippen LogP contribution in [-0.2, 0) is 11.2 Å². The smallest absolute Gasteiger partial charge is 0.309 e. The summed E-state index contributed by atoms with van der Waals surface area (Å²) in [5.41, 5.74) is 3.23. The van der Waals surface area contributed by atoms with E-state index in [0.29, 0.717) is 18.3 Å². The Morgan fingerprint density at radius 3 is 2.33 bits per heavy atom. The highest BCUT2D eigenvalue weighted by atomic mass is 16.4. The summed E-state index contributed by atoms with van der Waals surface area (Å²) >= 11 is 0. The Morgan fingerprint density at radius 2 is 1.83 bits per heavy atom. The van der Waals surface area contributed by atoms with Crippen LogP contribution >= 0.6 is 0 Å². The summed E-state index contributed by atoms with van der Waals surface area (Å²) in [6.07, 6.45) is 3.76. The molecular formula is C16H20O2. The van der Waals surface area contributed by atoms with Crippen LogP contribution in [0.4, 0.5) is 0 Å². The van der Waals surface area contributed by atoms with Crippen molar-refractivity contribution in [1.29, 1.82) is 0 Å². The standard InChI is InChI=1S/C16H20O2/c1-10-4-3-5-11(2)14(10)9-16(15(17)18)7-12-6-13(12)8-16/h3-5,12-13H,6-9H2,1-2H3,(H,17,18). The highest BCUT2D eigenvalue weighted by Crippen LogP contribution is 2.61. The molecule has 0 aromatic heterocycles. The molecule has 0 amide bonds. The van der Waals surface area contributed by atoms with Crippen LogP contribution < -0.4 is 0 Å². The summed E-state index contributed by atoms with van der Waals surface area (Å²) in [7, 11) is 0. The van der Waals surface area contributed by atoms with Gasteiger partial charge in [-0.05, 0) is 68.1 Å². The molecule has 3 rings (SSSR count). The SMILES string of the molecule is Cc1cccc(C)c1CC1(C(=O)O)CC2CC2C1. The quantitative estimate of drug-likeness (QED) is 0.885. The second kappa shape index (κ2) is 3.84. The molecule has 2 aliphatic carbocycles. The Labute approximate surface area is 108 Å². The fourth-order valence-corrected chi connectivity index (χ4v) is 3.76. The third-order valence-electron chi connectivity index (χ3n) is 4.99. The van der Waals surface area contributed by atoms with Crippen molar-refractivity contribution in [2.45, 2.75) is 39.5 Å². The second-order valence-corrected chi connectivity index (χ2v) is 6.30. The van der Waals surface area contributed by atoms with Crippen molar-refractivity contribution >= 4 is 5.97 Å². The minimum absolute atomic E-state index is 0.482. The van der Waals surface area contributed by atoms with Gasteiger partial charge in [0.25, 0.3) is 0 Å². The van der Waals surface area contributed by atoms with Gasteiger partial charge in [-0.25, -0.2) is 0 Å². The molecule has 1 N–H and O–H groups in total. The van der Waals surface area contributed by atoms with Gasteiger partial charge >= 0.3 is 5.97 Å². The minimum Gasteiger partial charge on any atom is -0.481 e. The molecule has 2 saturated carbocycles. The molecule has 96 valence electrons. The average Bonchev–Trinajstić information content (AvgIpc) is 2.92. The van der Waals surface area contributed by atoms with Gasteiger partial charge in [0.05, 0.1) is 5.41 Å². The van der Waals surface area contributed by atoms with Gasteiger partial charge in [0, 0.05) is 0 Å². The Balaban J connectivity index is 1.92. The zero-order chi connectivity index (χ0) is 12.9. The first kappa shape index (κ1) is 11.8. The minimum atomic E-state index is -0.586. The fraction of sp³-hybridized carbons (Fsp3) is 0.562. The van der Waals surface area contributed by atoms with Crippen LogP contribution in [0.3, 0.4) is 0 Å². The number of carboxylic acids is 1. The van der Waals surface area contributed by atoms with Gasteiger partial charge in [-0.15, -0.1) is 0 Å². The molecule has 2 aliphatic rings. The Hall–Kier alpha value is -1.31. The highest BCUT2D eigenvalue weighted by Gasteiger charge is 2.57. The highest BCUT2D eigenvalue weighted by molar-refractivity contribution is 5.76. The number of aryl methyl sites for hydroxylation is 2. The van der Waals surface area contributed by atoms with Crippen molar-refractivity contribution in [3.05, 3.63) is 34.9 Å². The number of benzene rings is 1. The summed E-state index contributed by atoms with van der Waals surface area (Å²) in [4.78, 5) is 11.7. The Morgan fingerprint density at radius 1 is 1.28 bits per heavy atom. The maximum atomic E-state index is 11.7.